The second-order valence-corrected chi connectivity index (χ2v) is 9.65. The van der Waals surface area contributed by atoms with E-state index in [2.05, 4.69) is 11.9 Å². The standard InChI is InChI=1S/C22H24ClF3N4O2/c1-12-2-5-15(8-12)29-7-6-28(11-17(29)31)21(32)18-19(23)30-10-14(13-3-4-13)9-16(20(30)27-18)22(24,25)26/h9-10,12-13,15H,2-8,11H2,1H3. The van der Waals surface area contributed by atoms with Crippen molar-refractivity contribution in [1.82, 2.24) is 19.2 Å². The first-order valence-corrected chi connectivity index (χ1v) is 11.4. The van der Waals surface area contributed by atoms with E-state index in [1.807, 2.05) is 4.90 Å². The molecule has 3 fully saturated rings. The third-order valence-corrected chi connectivity index (χ3v) is 7.25. The Bertz CT molecular complexity index is 1100. The molecule has 2 aromatic heterocycles. The molecule has 0 bridgehead atoms. The van der Waals surface area contributed by atoms with Crippen LogP contribution in [0.1, 0.15) is 66.6 Å². The molecule has 3 aliphatic rings. The van der Waals surface area contributed by atoms with Crippen LogP contribution in [0.25, 0.3) is 5.65 Å². The fraction of sp³-hybridized carbons (Fsp3) is 0.591. The van der Waals surface area contributed by atoms with Crippen molar-refractivity contribution in [3.63, 3.8) is 0 Å². The molecule has 3 heterocycles. The van der Waals surface area contributed by atoms with E-state index < -0.39 is 17.6 Å². The van der Waals surface area contributed by atoms with Crippen LogP contribution in [0.15, 0.2) is 12.3 Å². The number of nitrogens with zero attached hydrogens (tertiary/aromatic N) is 4. The molecular weight excluding hydrogens is 445 g/mol. The van der Waals surface area contributed by atoms with Crippen LogP contribution in [0.5, 0.6) is 0 Å². The van der Waals surface area contributed by atoms with Crippen LogP contribution >= 0.6 is 11.6 Å². The Morgan fingerprint density at radius 3 is 2.53 bits per heavy atom. The van der Waals surface area contributed by atoms with Crippen molar-refractivity contribution in [2.45, 2.75) is 57.2 Å². The Morgan fingerprint density at radius 2 is 1.94 bits per heavy atom. The van der Waals surface area contributed by atoms with Gasteiger partial charge < -0.3 is 9.80 Å². The van der Waals surface area contributed by atoms with Gasteiger partial charge in [0.25, 0.3) is 5.91 Å². The summed E-state index contributed by atoms with van der Waals surface area (Å²) >= 11 is 6.37. The number of imidazole rings is 1. The third-order valence-electron chi connectivity index (χ3n) is 6.89. The smallest absolute Gasteiger partial charge is 0.336 e. The van der Waals surface area contributed by atoms with Crippen LogP contribution in [-0.4, -0.2) is 56.7 Å². The molecule has 2 aliphatic carbocycles. The summed E-state index contributed by atoms with van der Waals surface area (Å²) in [4.78, 5) is 33.0. The Labute approximate surface area is 188 Å². The zero-order valence-electron chi connectivity index (χ0n) is 17.7. The number of hydrogen-bond donors (Lipinski definition) is 0. The number of carbonyl (C=O) groups is 2. The van der Waals surface area contributed by atoms with Gasteiger partial charge in [0, 0.05) is 25.3 Å². The molecule has 0 spiro atoms. The SMILES string of the molecule is CC1CCC(N2CCN(C(=O)c3nc4c(C(F)(F)F)cc(C5CC5)cn4c3Cl)CC2=O)C1. The summed E-state index contributed by atoms with van der Waals surface area (Å²) in [5.74, 6) is -0.113. The Kier molecular flexibility index (Phi) is 5.15. The van der Waals surface area contributed by atoms with Crippen molar-refractivity contribution >= 4 is 29.1 Å². The number of piperazine rings is 1. The molecule has 10 heteroatoms. The van der Waals surface area contributed by atoms with Gasteiger partial charge in [-0.3, -0.25) is 14.0 Å². The van der Waals surface area contributed by atoms with Crippen molar-refractivity contribution in [3.8, 4) is 0 Å². The highest BCUT2D eigenvalue weighted by molar-refractivity contribution is 6.33. The first-order valence-electron chi connectivity index (χ1n) is 11.0. The zero-order valence-corrected chi connectivity index (χ0v) is 18.4. The average Bonchev–Trinajstić information content (AvgIpc) is 3.42. The summed E-state index contributed by atoms with van der Waals surface area (Å²) < 4.78 is 42.3. The van der Waals surface area contributed by atoms with Gasteiger partial charge in [0.2, 0.25) is 5.91 Å². The van der Waals surface area contributed by atoms with Gasteiger partial charge in [-0.25, -0.2) is 4.98 Å². The lowest BCUT2D eigenvalue weighted by Crippen LogP contribution is -2.55. The van der Waals surface area contributed by atoms with Gasteiger partial charge in [-0.2, -0.15) is 13.2 Å². The van der Waals surface area contributed by atoms with Crippen LogP contribution in [0.3, 0.4) is 0 Å². The van der Waals surface area contributed by atoms with Crippen LogP contribution in [0.4, 0.5) is 13.2 Å². The molecule has 32 heavy (non-hydrogen) atoms. The first-order chi connectivity index (χ1) is 15.1. The topological polar surface area (TPSA) is 57.9 Å². The highest BCUT2D eigenvalue weighted by Crippen LogP contribution is 2.43. The van der Waals surface area contributed by atoms with Crippen molar-refractivity contribution < 1.29 is 22.8 Å². The second kappa shape index (κ2) is 7.64. The van der Waals surface area contributed by atoms with Crippen molar-refractivity contribution in [3.05, 3.63) is 34.2 Å². The molecule has 1 saturated heterocycles. The number of amides is 2. The van der Waals surface area contributed by atoms with Crippen molar-refractivity contribution in [2.75, 3.05) is 19.6 Å². The molecule has 5 rings (SSSR count). The molecule has 2 saturated carbocycles. The first kappa shape index (κ1) is 21.6. The zero-order chi connectivity index (χ0) is 22.8. The van der Waals surface area contributed by atoms with E-state index in [1.165, 1.54) is 4.90 Å². The predicted molar refractivity (Wildman–Crippen MR) is 112 cm³/mol. The molecule has 0 N–H and O–H groups in total. The summed E-state index contributed by atoms with van der Waals surface area (Å²) in [5.41, 5.74) is -1.00. The summed E-state index contributed by atoms with van der Waals surface area (Å²) in [5, 5.41) is -0.155. The number of rotatable bonds is 3. The molecule has 2 unspecified atom stereocenters. The van der Waals surface area contributed by atoms with Gasteiger partial charge in [0.1, 0.15) is 11.7 Å². The number of pyridine rings is 1. The Balaban J connectivity index is 1.43. The van der Waals surface area contributed by atoms with E-state index in [0.717, 1.165) is 42.6 Å². The van der Waals surface area contributed by atoms with Crippen LogP contribution < -0.4 is 0 Å². The lowest BCUT2D eigenvalue weighted by molar-refractivity contribution is -0.137. The molecule has 172 valence electrons. The van der Waals surface area contributed by atoms with E-state index in [9.17, 15) is 22.8 Å². The third kappa shape index (κ3) is 3.74. The highest BCUT2D eigenvalue weighted by atomic mass is 35.5. The Morgan fingerprint density at radius 1 is 1.19 bits per heavy atom. The number of hydrogen-bond acceptors (Lipinski definition) is 3. The number of aromatic nitrogens is 2. The van der Waals surface area contributed by atoms with Gasteiger partial charge in [0.15, 0.2) is 11.3 Å². The maximum atomic E-state index is 13.7. The average molecular weight is 469 g/mol. The summed E-state index contributed by atoms with van der Waals surface area (Å²) in [6.45, 7) is 2.76. The number of halogens is 4. The second-order valence-electron chi connectivity index (χ2n) is 9.29. The van der Waals surface area contributed by atoms with Gasteiger partial charge in [-0.15, -0.1) is 0 Å². The quantitative estimate of drug-likeness (QED) is 0.672. The van der Waals surface area contributed by atoms with Gasteiger partial charge in [-0.1, -0.05) is 18.5 Å². The normalized spacial score (nSPS) is 24.6. The van der Waals surface area contributed by atoms with Crippen molar-refractivity contribution in [2.24, 2.45) is 5.92 Å². The maximum absolute atomic E-state index is 13.7. The summed E-state index contributed by atoms with van der Waals surface area (Å²) in [6.07, 6.45) is 1.57. The van der Waals surface area contributed by atoms with Crippen LogP contribution in [0.2, 0.25) is 5.15 Å². The maximum Gasteiger partial charge on any atom is 0.419 e. The lowest BCUT2D eigenvalue weighted by atomic mass is 10.1. The number of fused-ring (bicyclic) bond motifs is 1. The predicted octanol–water partition coefficient (Wildman–Crippen LogP) is 4.36. The van der Waals surface area contributed by atoms with E-state index in [4.69, 9.17) is 11.6 Å². The minimum atomic E-state index is -4.62. The minimum Gasteiger partial charge on any atom is -0.336 e. The van der Waals surface area contributed by atoms with Gasteiger partial charge in [0.05, 0.1) is 5.56 Å². The van der Waals surface area contributed by atoms with E-state index >= 15 is 0 Å². The molecule has 0 aromatic carbocycles. The van der Waals surface area contributed by atoms with Crippen LogP contribution in [0, 0.1) is 5.92 Å². The van der Waals surface area contributed by atoms with Gasteiger partial charge in [-0.05, 0) is 55.6 Å². The minimum absolute atomic E-state index is 0.0714. The van der Waals surface area contributed by atoms with Crippen LogP contribution in [-0.2, 0) is 11.0 Å². The largest absolute Gasteiger partial charge is 0.419 e. The highest BCUT2D eigenvalue weighted by Gasteiger charge is 2.39. The Hall–Kier alpha value is -2.29. The molecular formula is C22H24ClF3N4O2. The van der Waals surface area contributed by atoms with E-state index in [0.29, 0.717) is 24.6 Å². The molecule has 6 nitrogen and oxygen atoms in total. The fourth-order valence-electron chi connectivity index (χ4n) is 4.98. The lowest BCUT2D eigenvalue weighted by Gasteiger charge is -2.37. The molecule has 1 aliphatic heterocycles. The molecule has 2 amide bonds. The fourth-order valence-corrected chi connectivity index (χ4v) is 5.23. The molecule has 2 atom stereocenters. The molecule has 2 aromatic rings. The van der Waals surface area contributed by atoms with Crippen molar-refractivity contribution in [1.29, 1.82) is 0 Å². The van der Waals surface area contributed by atoms with Gasteiger partial charge >= 0.3 is 6.18 Å². The van der Waals surface area contributed by atoms with E-state index in [-0.39, 0.29) is 40.9 Å². The van der Waals surface area contributed by atoms with E-state index in [1.54, 1.807) is 6.20 Å². The number of alkyl halides is 3. The summed E-state index contributed by atoms with van der Waals surface area (Å²) in [7, 11) is 0. The summed E-state index contributed by atoms with van der Waals surface area (Å²) in [6, 6.07) is 1.30. The number of carbonyl (C=O) groups excluding carboxylic acids is 2. The monoisotopic (exact) mass is 468 g/mol. The molecule has 0 radical (unpaired) electrons.